The highest BCUT2D eigenvalue weighted by Gasteiger charge is 2.35. The summed E-state index contributed by atoms with van der Waals surface area (Å²) >= 11 is 1.40. The van der Waals surface area contributed by atoms with Crippen LogP contribution in [0, 0.1) is 6.92 Å². The van der Waals surface area contributed by atoms with Gasteiger partial charge in [0.05, 0.1) is 22.8 Å². The van der Waals surface area contributed by atoms with Crippen LogP contribution in [0.5, 0.6) is 0 Å². The van der Waals surface area contributed by atoms with E-state index in [2.05, 4.69) is 15.6 Å². The number of carbonyl (C=O) groups excluding carboxylic acids is 2. The van der Waals surface area contributed by atoms with Crippen molar-refractivity contribution in [3.8, 4) is 0 Å². The van der Waals surface area contributed by atoms with E-state index in [0.29, 0.717) is 13.0 Å². The summed E-state index contributed by atoms with van der Waals surface area (Å²) in [6.07, 6.45) is -2.51. The van der Waals surface area contributed by atoms with Crippen molar-refractivity contribution < 1.29 is 27.5 Å². The van der Waals surface area contributed by atoms with Crippen LogP contribution in [0.15, 0.2) is 24.4 Å². The van der Waals surface area contributed by atoms with Crippen LogP contribution >= 0.6 is 11.3 Å². The lowest BCUT2D eigenvalue weighted by atomic mass is 10.1. The van der Waals surface area contributed by atoms with Gasteiger partial charge in [-0.3, -0.25) is 4.79 Å². The third kappa shape index (κ3) is 5.48. The summed E-state index contributed by atoms with van der Waals surface area (Å²) < 4.78 is 45.9. The Morgan fingerprint density at radius 1 is 1.33 bits per heavy atom. The van der Waals surface area contributed by atoms with Crippen LogP contribution in [-0.4, -0.2) is 41.6 Å². The number of halogens is 3. The Morgan fingerprint density at radius 2 is 2.10 bits per heavy atom. The van der Waals surface area contributed by atoms with E-state index >= 15 is 0 Å². The molecule has 0 bridgehead atoms. The van der Waals surface area contributed by atoms with Gasteiger partial charge in [0, 0.05) is 30.4 Å². The molecule has 1 aliphatic heterocycles. The van der Waals surface area contributed by atoms with Crippen molar-refractivity contribution >= 4 is 34.6 Å². The zero-order chi connectivity index (χ0) is 21.9. The van der Waals surface area contributed by atoms with Crippen molar-refractivity contribution in [3.05, 3.63) is 39.8 Å². The maximum absolute atomic E-state index is 13.6. The molecule has 1 aliphatic rings. The van der Waals surface area contributed by atoms with Crippen LogP contribution in [0.3, 0.4) is 0 Å². The standard InChI is InChI=1S/C19H21F3N4O3S/c1-11-23-9-13(30-11)10-26(2)18(28)25-15-6-5-12(8-14(15)19(20,21)22)24-17(27)16-4-3-7-29-16/h5-6,8-9,16H,3-4,7,10H2,1-2H3,(H,24,27)(H,25,28)/t16-/m0/s1. The quantitative estimate of drug-likeness (QED) is 0.725. The Bertz CT molecular complexity index is 926. The van der Waals surface area contributed by atoms with Gasteiger partial charge in [0.1, 0.15) is 6.10 Å². The Hall–Kier alpha value is -2.66. The maximum Gasteiger partial charge on any atom is 0.418 e. The lowest BCUT2D eigenvalue weighted by Crippen LogP contribution is -2.31. The average Bonchev–Trinajstić information content (AvgIpc) is 3.34. The number of urea groups is 1. The molecule has 0 radical (unpaired) electrons. The topological polar surface area (TPSA) is 83.6 Å². The maximum atomic E-state index is 13.6. The summed E-state index contributed by atoms with van der Waals surface area (Å²) in [4.78, 5) is 30.7. The smallest absolute Gasteiger partial charge is 0.368 e. The van der Waals surface area contributed by atoms with Gasteiger partial charge in [-0.05, 0) is 38.0 Å². The van der Waals surface area contributed by atoms with Crippen molar-refractivity contribution in [2.45, 2.75) is 38.6 Å². The van der Waals surface area contributed by atoms with Gasteiger partial charge >= 0.3 is 12.2 Å². The molecular weight excluding hydrogens is 421 g/mol. The number of alkyl halides is 3. The first-order chi connectivity index (χ1) is 14.1. The fraction of sp³-hybridized carbons (Fsp3) is 0.421. The predicted octanol–water partition coefficient (Wildman–Crippen LogP) is 4.25. The Labute approximate surface area is 175 Å². The van der Waals surface area contributed by atoms with Gasteiger partial charge in [-0.2, -0.15) is 13.2 Å². The molecule has 0 unspecified atom stereocenters. The molecule has 162 valence electrons. The second-order valence-electron chi connectivity index (χ2n) is 6.88. The number of nitrogens with one attached hydrogen (secondary N) is 2. The molecule has 2 N–H and O–H groups in total. The number of nitrogens with zero attached hydrogens (tertiary/aromatic N) is 2. The number of benzene rings is 1. The summed E-state index contributed by atoms with van der Waals surface area (Å²) in [5.74, 6) is -0.489. The SMILES string of the molecule is Cc1ncc(CN(C)C(=O)Nc2ccc(NC(=O)[C@@H]3CCCO3)cc2C(F)(F)F)s1. The van der Waals surface area contributed by atoms with Gasteiger partial charge in [0.15, 0.2) is 0 Å². The number of carbonyl (C=O) groups is 2. The fourth-order valence-electron chi connectivity index (χ4n) is 2.97. The first kappa shape index (κ1) is 22.0. The summed E-state index contributed by atoms with van der Waals surface area (Å²) in [7, 11) is 1.48. The zero-order valence-corrected chi connectivity index (χ0v) is 17.2. The Balaban J connectivity index is 1.73. The minimum absolute atomic E-state index is 0.0192. The normalized spacial score (nSPS) is 16.4. The van der Waals surface area contributed by atoms with E-state index < -0.39 is 35.5 Å². The highest BCUT2D eigenvalue weighted by molar-refractivity contribution is 7.11. The minimum atomic E-state index is -4.72. The molecule has 0 saturated carbocycles. The summed E-state index contributed by atoms with van der Waals surface area (Å²) in [6.45, 7) is 2.49. The molecule has 11 heteroatoms. The van der Waals surface area contributed by atoms with E-state index in [0.717, 1.165) is 28.4 Å². The van der Waals surface area contributed by atoms with Crippen LogP contribution in [0.4, 0.5) is 29.3 Å². The first-order valence-corrected chi connectivity index (χ1v) is 10.0. The first-order valence-electron chi connectivity index (χ1n) is 9.20. The van der Waals surface area contributed by atoms with Crippen molar-refractivity contribution in [3.63, 3.8) is 0 Å². The lowest BCUT2D eigenvalue weighted by molar-refractivity contribution is -0.137. The third-order valence-electron chi connectivity index (χ3n) is 4.47. The number of aromatic nitrogens is 1. The molecule has 7 nitrogen and oxygen atoms in total. The van der Waals surface area contributed by atoms with Crippen LogP contribution < -0.4 is 10.6 Å². The summed E-state index contributed by atoms with van der Waals surface area (Å²) in [5, 5.41) is 5.57. The number of rotatable bonds is 5. The monoisotopic (exact) mass is 442 g/mol. The molecule has 3 amide bonds. The highest BCUT2D eigenvalue weighted by Crippen LogP contribution is 2.37. The highest BCUT2D eigenvalue weighted by atomic mass is 32.1. The van der Waals surface area contributed by atoms with Gasteiger partial charge in [-0.1, -0.05) is 0 Å². The van der Waals surface area contributed by atoms with Crippen LogP contribution in [0.25, 0.3) is 0 Å². The molecule has 1 aromatic carbocycles. The molecule has 1 atom stereocenters. The van der Waals surface area contributed by atoms with Gasteiger partial charge in [0.2, 0.25) is 0 Å². The Kier molecular flexibility index (Phi) is 6.61. The van der Waals surface area contributed by atoms with Crippen molar-refractivity contribution in [1.29, 1.82) is 0 Å². The molecule has 2 aromatic rings. The molecule has 0 spiro atoms. The van der Waals surface area contributed by atoms with Gasteiger partial charge in [-0.25, -0.2) is 9.78 Å². The van der Waals surface area contributed by atoms with Gasteiger partial charge < -0.3 is 20.3 Å². The van der Waals surface area contributed by atoms with E-state index in [4.69, 9.17) is 4.74 Å². The number of anilines is 2. The average molecular weight is 442 g/mol. The van der Waals surface area contributed by atoms with Crippen molar-refractivity contribution in [1.82, 2.24) is 9.88 Å². The number of hydrogen-bond acceptors (Lipinski definition) is 5. The number of amides is 3. The summed E-state index contributed by atoms with van der Waals surface area (Å²) in [6, 6.07) is 2.54. The molecule has 0 aliphatic carbocycles. The molecule has 1 aromatic heterocycles. The second kappa shape index (κ2) is 9.00. The van der Waals surface area contributed by atoms with E-state index in [1.807, 2.05) is 6.92 Å². The van der Waals surface area contributed by atoms with E-state index in [1.54, 1.807) is 6.20 Å². The van der Waals surface area contributed by atoms with Crippen LogP contribution in [0.2, 0.25) is 0 Å². The van der Waals surface area contributed by atoms with Crippen molar-refractivity contribution in [2.75, 3.05) is 24.3 Å². The second-order valence-corrected chi connectivity index (χ2v) is 8.20. The fourth-order valence-corrected chi connectivity index (χ4v) is 3.82. The predicted molar refractivity (Wildman–Crippen MR) is 106 cm³/mol. The van der Waals surface area contributed by atoms with Crippen molar-refractivity contribution in [2.24, 2.45) is 0 Å². The molecule has 3 rings (SSSR count). The number of hydrogen-bond donors (Lipinski definition) is 2. The zero-order valence-electron chi connectivity index (χ0n) is 16.4. The van der Waals surface area contributed by atoms with Crippen LogP contribution in [-0.2, 0) is 22.3 Å². The molecule has 2 heterocycles. The van der Waals surface area contributed by atoms with E-state index in [-0.39, 0.29) is 12.2 Å². The molecular formula is C19H21F3N4O3S. The number of thiazole rings is 1. The molecule has 1 fully saturated rings. The summed E-state index contributed by atoms with van der Waals surface area (Å²) in [5.41, 5.74) is -1.47. The largest absolute Gasteiger partial charge is 0.418 e. The van der Waals surface area contributed by atoms with Gasteiger partial charge in [0.25, 0.3) is 5.91 Å². The van der Waals surface area contributed by atoms with E-state index in [9.17, 15) is 22.8 Å². The molecule has 30 heavy (non-hydrogen) atoms. The number of aryl methyl sites for hydroxylation is 1. The lowest BCUT2D eigenvalue weighted by Gasteiger charge is -2.20. The Morgan fingerprint density at radius 3 is 2.70 bits per heavy atom. The molecule has 1 saturated heterocycles. The minimum Gasteiger partial charge on any atom is -0.368 e. The third-order valence-corrected chi connectivity index (χ3v) is 5.36. The van der Waals surface area contributed by atoms with Crippen LogP contribution in [0.1, 0.15) is 28.3 Å². The number of ether oxygens (including phenoxy) is 1. The van der Waals surface area contributed by atoms with Gasteiger partial charge in [-0.15, -0.1) is 11.3 Å². The van der Waals surface area contributed by atoms with E-state index in [1.165, 1.54) is 29.4 Å².